The van der Waals surface area contributed by atoms with Gasteiger partial charge in [0.15, 0.2) is 0 Å². The Morgan fingerprint density at radius 3 is 2.67 bits per heavy atom. The van der Waals surface area contributed by atoms with Crippen molar-refractivity contribution in [1.29, 1.82) is 0 Å². The van der Waals surface area contributed by atoms with Gasteiger partial charge in [-0.1, -0.05) is 18.2 Å². The second kappa shape index (κ2) is 6.98. The van der Waals surface area contributed by atoms with Crippen molar-refractivity contribution in [3.63, 3.8) is 0 Å². The molecule has 2 aliphatic rings. The first-order chi connectivity index (χ1) is 13.0. The SMILES string of the molecule is CN1C(=O)CCc2cc(S(=O)(=O)NCCN3CCc4ccccc43)ccc21. The number of nitrogens with zero attached hydrogens (tertiary/aromatic N) is 2. The number of sulfonamides is 1. The fourth-order valence-corrected chi connectivity index (χ4v) is 4.91. The zero-order valence-corrected chi connectivity index (χ0v) is 16.1. The van der Waals surface area contributed by atoms with Crippen LogP contribution in [0.4, 0.5) is 11.4 Å². The highest BCUT2D eigenvalue weighted by molar-refractivity contribution is 7.89. The van der Waals surface area contributed by atoms with E-state index in [0.717, 1.165) is 24.2 Å². The molecule has 0 aromatic heterocycles. The van der Waals surface area contributed by atoms with Crippen LogP contribution in [0.15, 0.2) is 47.4 Å². The number of rotatable bonds is 5. The van der Waals surface area contributed by atoms with Crippen LogP contribution in [-0.2, 0) is 27.7 Å². The van der Waals surface area contributed by atoms with Gasteiger partial charge in [0.1, 0.15) is 0 Å². The Labute approximate surface area is 159 Å². The molecule has 0 atom stereocenters. The molecular weight excluding hydrogens is 362 g/mol. The normalized spacial score (nSPS) is 16.4. The topological polar surface area (TPSA) is 69.7 Å². The van der Waals surface area contributed by atoms with Gasteiger partial charge in [-0.25, -0.2) is 13.1 Å². The van der Waals surface area contributed by atoms with Gasteiger partial charge in [0, 0.05) is 44.5 Å². The average molecular weight is 385 g/mol. The molecule has 0 saturated carbocycles. The molecule has 0 unspecified atom stereocenters. The standard InChI is InChI=1S/C20H23N3O3S/c1-22-18-8-7-17(14-16(18)6-9-20(22)24)27(25,26)21-11-13-23-12-10-15-4-2-3-5-19(15)23/h2-5,7-8,14,21H,6,9-13H2,1H3. The first-order valence-electron chi connectivity index (χ1n) is 9.18. The number of nitrogens with one attached hydrogen (secondary N) is 1. The van der Waals surface area contributed by atoms with E-state index in [1.807, 2.05) is 12.1 Å². The third-order valence-electron chi connectivity index (χ3n) is 5.36. The van der Waals surface area contributed by atoms with Gasteiger partial charge in [0.25, 0.3) is 0 Å². The van der Waals surface area contributed by atoms with Crippen LogP contribution in [0.3, 0.4) is 0 Å². The van der Waals surface area contributed by atoms with Gasteiger partial charge in [0.2, 0.25) is 15.9 Å². The summed E-state index contributed by atoms with van der Waals surface area (Å²) >= 11 is 0. The monoisotopic (exact) mass is 385 g/mol. The largest absolute Gasteiger partial charge is 0.370 e. The van der Waals surface area contributed by atoms with Crippen molar-refractivity contribution in [3.05, 3.63) is 53.6 Å². The maximum atomic E-state index is 12.7. The molecule has 6 nitrogen and oxygen atoms in total. The van der Waals surface area contributed by atoms with Crippen LogP contribution < -0.4 is 14.5 Å². The van der Waals surface area contributed by atoms with Crippen LogP contribution in [0, 0.1) is 0 Å². The minimum atomic E-state index is -3.57. The van der Waals surface area contributed by atoms with Gasteiger partial charge in [-0.05, 0) is 48.2 Å². The smallest absolute Gasteiger partial charge is 0.240 e. The van der Waals surface area contributed by atoms with E-state index in [9.17, 15) is 13.2 Å². The summed E-state index contributed by atoms with van der Waals surface area (Å²) < 4.78 is 28.1. The van der Waals surface area contributed by atoms with Gasteiger partial charge in [-0.3, -0.25) is 4.79 Å². The molecule has 0 saturated heterocycles. The third kappa shape index (κ3) is 3.44. The Morgan fingerprint density at radius 1 is 1.00 bits per heavy atom. The molecule has 2 aromatic rings. The van der Waals surface area contributed by atoms with E-state index in [2.05, 4.69) is 21.8 Å². The number of benzene rings is 2. The van der Waals surface area contributed by atoms with Crippen LogP contribution in [0.5, 0.6) is 0 Å². The van der Waals surface area contributed by atoms with E-state index in [4.69, 9.17) is 0 Å². The van der Waals surface area contributed by atoms with Crippen molar-refractivity contribution in [3.8, 4) is 0 Å². The lowest BCUT2D eigenvalue weighted by molar-refractivity contribution is -0.118. The molecule has 2 aromatic carbocycles. The van der Waals surface area contributed by atoms with Gasteiger partial charge < -0.3 is 9.80 Å². The highest BCUT2D eigenvalue weighted by atomic mass is 32.2. The number of anilines is 2. The number of amides is 1. The fourth-order valence-electron chi connectivity index (χ4n) is 3.84. The number of carbonyl (C=O) groups excluding carboxylic acids is 1. The Balaban J connectivity index is 1.43. The molecule has 2 aliphatic heterocycles. The van der Waals surface area contributed by atoms with E-state index in [1.54, 1.807) is 30.1 Å². The zero-order valence-electron chi connectivity index (χ0n) is 15.3. The number of aryl methyl sites for hydroxylation is 1. The third-order valence-corrected chi connectivity index (χ3v) is 6.82. The lowest BCUT2D eigenvalue weighted by Gasteiger charge is -2.26. The highest BCUT2D eigenvalue weighted by Crippen LogP contribution is 2.29. The molecule has 0 fully saturated rings. The fraction of sp³-hybridized carbons (Fsp3) is 0.350. The number of carbonyl (C=O) groups is 1. The summed E-state index contributed by atoms with van der Waals surface area (Å²) in [5.74, 6) is 0.0575. The molecule has 0 radical (unpaired) electrons. The summed E-state index contributed by atoms with van der Waals surface area (Å²) in [4.78, 5) is 15.8. The molecule has 7 heteroatoms. The van der Waals surface area contributed by atoms with Gasteiger partial charge in [0.05, 0.1) is 4.90 Å². The van der Waals surface area contributed by atoms with E-state index in [-0.39, 0.29) is 10.8 Å². The summed E-state index contributed by atoms with van der Waals surface area (Å²) in [5, 5.41) is 0. The maximum absolute atomic E-state index is 12.7. The predicted molar refractivity (Wildman–Crippen MR) is 106 cm³/mol. The number of para-hydroxylation sites is 1. The number of hydrogen-bond donors (Lipinski definition) is 1. The predicted octanol–water partition coefficient (Wildman–Crippen LogP) is 1.94. The van der Waals surface area contributed by atoms with Gasteiger partial charge in [-0.15, -0.1) is 0 Å². The van der Waals surface area contributed by atoms with Crippen molar-refractivity contribution in [1.82, 2.24) is 4.72 Å². The minimum absolute atomic E-state index is 0.0575. The summed E-state index contributed by atoms with van der Waals surface area (Å²) in [6, 6.07) is 13.2. The Morgan fingerprint density at radius 2 is 1.81 bits per heavy atom. The average Bonchev–Trinajstić information content (AvgIpc) is 3.08. The lowest BCUT2D eigenvalue weighted by atomic mass is 10.0. The molecule has 1 N–H and O–H groups in total. The summed E-state index contributed by atoms with van der Waals surface area (Å²) in [6.07, 6.45) is 1.99. The van der Waals surface area contributed by atoms with Crippen LogP contribution in [-0.4, -0.2) is 41.0 Å². The second-order valence-corrected chi connectivity index (χ2v) is 8.77. The quantitative estimate of drug-likeness (QED) is 0.854. The molecule has 142 valence electrons. The molecular formula is C20H23N3O3S. The van der Waals surface area contributed by atoms with Crippen molar-refractivity contribution in [2.24, 2.45) is 0 Å². The first kappa shape index (κ1) is 18.0. The summed E-state index contributed by atoms with van der Waals surface area (Å²) in [6.45, 7) is 1.91. The molecule has 0 bridgehead atoms. The van der Waals surface area contributed by atoms with Crippen molar-refractivity contribution in [2.45, 2.75) is 24.2 Å². The van der Waals surface area contributed by atoms with Crippen LogP contribution in [0.25, 0.3) is 0 Å². The van der Waals surface area contributed by atoms with Crippen molar-refractivity contribution in [2.75, 3.05) is 36.5 Å². The second-order valence-electron chi connectivity index (χ2n) is 7.01. The summed E-state index contributed by atoms with van der Waals surface area (Å²) in [5.41, 5.74) is 4.19. The van der Waals surface area contributed by atoms with Crippen LogP contribution >= 0.6 is 0 Å². The van der Waals surface area contributed by atoms with E-state index in [1.165, 1.54) is 11.3 Å². The molecule has 0 aliphatic carbocycles. The van der Waals surface area contributed by atoms with Crippen molar-refractivity contribution < 1.29 is 13.2 Å². The number of fused-ring (bicyclic) bond motifs is 2. The molecule has 27 heavy (non-hydrogen) atoms. The van der Waals surface area contributed by atoms with Crippen molar-refractivity contribution >= 4 is 27.3 Å². The Bertz CT molecular complexity index is 988. The van der Waals surface area contributed by atoms with E-state index >= 15 is 0 Å². The van der Waals surface area contributed by atoms with Crippen LogP contribution in [0.1, 0.15) is 17.5 Å². The van der Waals surface area contributed by atoms with Crippen LogP contribution in [0.2, 0.25) is 0 Å². The lowest BCUT2D eigenvalue weighted by Crippen LogP contribution is -2.34. The molecule has 4 rings (SSSR count). The molecule has 1 amide bonds. The Kier molecular flexibility index (Phi) is 4.65. The zero-order chi connectivity index (χ0) is 19.0. The van der Waals surface area contributed by atoms with Gasteiger partial charge in [-0.2, -0.15) is 0 Å². The highest BCUT2D eigenvalue weighted by Gasteiger charge is 2.24. The summed E-state index contributed by atoms with van der Waals surface area (Å²) in [7, 11) is -1.85. The van der Waals surface area contributed by atoms with Gasteiger partial charge >= 0.3 is 0 Å². The Hall–Kier alpha value is -2.38. The van der Waals surface area contributed by atoms with E-state index < -0.39 is 10.0 Å². The number of hydrogen-bond acceptors (Lipinski definition) is 4. The molecule has 2 heterocycles. The molecule has 0 spiro atoms. The van der Waals surface area contributed by atoms with E-state index in [0.29, 0.717) is 25.9 Å². The minimum Gasteiger partial charge on any atom is -0.370 e. The maximum Gasteiger partial charge on any atom is 0.240 e. The first-order valence-corrected chi connectivity index (χ1v) is 10.7.